The van der Waals surface area contributed by atoms with Gasteiger partial charge in [0.05, 0.1) is 6.10 Å². The molecule has 0 aromatic heterocycles. The molecule has 1 rings (SSSR count). The summed E-state index contributed by atoms with van der Waals surface area (Å²) in [5.41, 5.74) is 0. The average molecular weight is 142 g/mol. The molecule has 0 aromatic carbocycles. The van der Waals surface area contributed by atoms with Gasteiger partial charge in [0.15, 0.2) is 0 Å². The third-order valence-corrected chi connectivity index (χ3v) is 2.41. The van der Waals surface area contributed by atoms with E-state index < -0.39 is 0 Å². The molecule has 1 heteroatoms. The minimum absolute atomic E-state index is 0.568. The molecule has 0 aromatic rings. The molecule has 0 saturated heterocycles. The van der Waals surface area contributed by atoms with Gasteiger partial charge in [-0.15, -0.1) is 0 Å². The summed E-state index contributed by atoms with van der Waals surface area (Å²) in [6.45, 7) is 5.27. The summed E-state index contributed by atoms with van der Waals surface area (Å²) < 4.78 is 5.60. The van der Waals surface area contributed by atoms with E-state index in [0.717, 1.165) is 12.5 Å². The average Bonchev–Trinajstić information content (AvgIpc) is 1.94. The topological polar surface area (TPSA) is 9.23 Å². The van der Waals surface area contributed by atoms with Crippen molar-refractivity contribution in [2.24, 2.45) is 5.92 Å². The molecule has 0 N–H and O–H groups in total. The quantitative estimate of drug-likeness (QED) is 0.576. The molecule has 2 atom stereocenters. The maximum absolute atomic E-state index is 5.60. The standard InChI is InChI=1S/C9H18O/c1-3-10-9-7-5-4-6-8(9)2/h8-9H,3-7H2,1-2H3/t8-,9+/m1/s1. The first-order valence-corrected chi connectivity index (χ1v) is 4.46. The van der Waals surface area contributed by atoms with Crippen molar-refractivity contribution in [3.63, 3.8) is 0 Å². The highest BCUT2D eigenvalue weighted by molar-refractivity contribution is 4.71. The van der Waals surface area contributed by atoms with E-state index in [2.05, 4.69) is 13.8 Å². The van der Waals surface area contributed by atoms with Crippen molar-refractivity contribution in [2.45, 2.75) is 45.6 Å². The lowest BCUT2D eigenvalue weighted by Gasteiger charge is -2.28. The molecule has 1 nitrogen and oxygen atoms in total. The molecule has 1 saturated carbocycles. The summed E-state index contributed by atoms with van der Waals surface area (Å²) in [6.07, 6.45) is 6.00. The van der Waals surface area contributed by atoms with E-state index in [0.29, 0.717) is 6.10 Å². The number of hydrogen-bond donors (Lipinski definition) is 0. The van der Waals surface area contributed by atoms with Crippen molar-refractivity contribution in [1.29, 1.82) is 0 Å². The largest absolute Gasteiger partial charge is 0.378 e. The summed E-state index contributed by atoms with van der Waals surface area (Å²) in [5.74, 6) is 0.800. The lowest BCUT2D eigenvalue weighted by atomic mass is 9.88. The summed E-state index contributed by atoms with van der Waals surface area (Å²) >= 11 is 0. The molecule has 0 bridgehead atoms. The van der Waals surface area contributed by atoms with Gasteiger partial charge in [-0.05, 0) is 25.7 Å². The first-order chi connectivity index (χ1) is 4.84. The van der Waals surface area contributed by atoms with Gasteiger partial charge in [0, 0.05) is 6.61 Å². The van der Waals surface area contributed by atoms with Crippen LogP contribution < -0.4 is 0 Å². The Hall–Kier alpha value is -0.0400. The molecule has 60 valence electrons. The van der Waals surface area contributed by atoms with Crippen molar-refractivity contribution in [2.75, 3.05) is 6.61 Å². The van der Waals surface area contributed by atoms with Gasteiger partial charge in [-0.25, -0.2) is 0 Å². The Kier molecular flexibility index (Phi) is 3.20. The Morgan fingerprint density at radius 3 is 2.60 bits per heavy atom. The first kappa shape index (κ1) is 8.06. The molecule has 0 radical (unpaired) electrons. The van der Waals surface area contributed by atoms with Crippen LogP contribution in [-0.4, -0.2) is 12.7 Å². The van der Waals surface area contributed by atoms with Gasteiger partial charge < -0.3 is 4.74 Å². The van der Waals surface area contributed by atoms with Crippen LogP contribution in [-0.2, 0) is 4.74 Å². The SMILES string of the molecule is CCO[C@H]1CCCC[C@H]1C. The lowest BCUT2D eigenvalue weighted by Crippen LogP contribution is -2.25. The summed E-state index contributed by atoms with van der Waals surface area (Å²) in [4.78, 5) is 0. The second-order valence-corrected chi connectivity index (χ2v) is 3.26. The van der Waals surface area contributed by atoms with Crippen molar-refractivity contribution in [3.05, 3.63) is 0 Å². The van der Waals surface area contributed by atoms with Crippen LogP contribution in [0.3, 0.4) is 0 Å². The zero-order chi connectivity index (χ0) is 7.40. The molecule has 1 aliphatic carbocycles. The van der Waals surface area contributed by atoms with Crippen LogP contribution in [0.25, 0.3) is 0 Å². The second-order valence-electron chi connectivity index (χ2n) is 3.26. The minimum atomic E-state index is 0.568. The Bertz CT molecular complexity index is 88.7. The van der Waals surface area contributed by atoms with Crippen LogP contribution >= 0.6 is 0 Å². The second kappa shape index (κ2) is 3.97. The Morgan fingerprint density at radius 1 is 1.30 bits per heavy atom. The van der Waals surface area contributed by atoms with E-state index in [4.69, 9.17) is 4.74 Å². The van der Waals surface area contributed by atoms with E-state index in [1.807, 2.05) is 0 Å². The molecule has 1 aliphatic rings. The van der Waals surface area contributed by atoms with Crippen LogP contribution in [0.4, 0.5) is 0 Å². The van der Waals surface area contributed by atoms with Gasteiger partial charge in [-0.1, -0.05) is 19.8 Å². The van der Waals surface area contributed by atoms with Gasteiger partial charge >= 0.3 is 0 Å². The van der Waals surface area contributed by atoms with Gasteiger partial charge in [0.25, 0.3) is 0 Å². The number of hydrogen-bond acceptors (Lipinski definition) is 1. The fraction of sp³-hybridized carbons (Fsp3) is 1.00. The normalized spacial score (nSPS) is 34.2. The first-order valence-electron chi connectivity index (χ1n) is 4.46. The zero-order valence-electron chi connectivity index (χ0n) is 7.10. The Labute approximate surface area is 63.8 Å². The molecule has 0 unspecified atom stereocenters. The van der Waals surface area contributed by atoms with Crippen LogP contribution in [0.1, 0.15) is 39.5 Å². The Balaban J connectivity index is 2.25. The zero-order valence-corrected chi connectivity index (χ0v) is 7.10. The number of rotatable bonds is 2. The molecule has 0 spiro atoms. The fourth-order valence-corrected chi connectivity index (χ4v) is 1.74. The van der Waals surface area contributed by atoms with E-state index in [1.54, 1.807) is 0 Å². The molecule has 1 fully saturated rings. The summed E-state index contributed by atoms with van der Waals surface area (Å²) in [7, 11) is 0. The highest BCUT2D eigenvalue weighted by atomic mass is 16.5. The van der Waals surface area contributed by atoms with E-state index in [1.165, 1.54) is 25.7 Å². The molecular formula is C9H18O. The maximum atomic E-state index is 5.60. The van der Waals surface area contributed by atoms with Crippen molar-refractivity contribution in [1.82, 2.24) is 0 Å². The summed E-state index contributed by atoms with van der Waals surface area (Å²) in [5, 5.41) is 0. The van der Waals surface area contributed by atoms with Crippen molar-refractivity contribution in [3.8, 4) is 0 Å². The van der Waals surface area contributed by atoms with Crippen LogP contribution in [0.2, 0.25) is 0 Å². The van der Waals surface area contributed by atoms with E-state index in [-0.39, 0.29) is 0 Å². The third-order valence-electron chi connectivity index (χ3n) is 2.41. The van der Waals surface area contributed by atoms with E-state index in [9.17, 15) is 0 Å². The number of ether oxygens (including phenoxy) is 1. The predicted octanol–water partition coefficient (Wildman–Crippen LogP) is 2.60. The van der Waals surface area contributed by atoms with Crippen LogP contribution in [0.5, 0.6) is 0 Å². The maximum Gasteiger partial charge on any atom is 0.0600 e. The van der Waals surface area contributed by atoms with Gasteiger partial charge in [-0.2, -0.15) is 0 Å². The highest BCUT2D eigenvalue weighted by Crippen LogP contribution is 2.25. The predicted molar refractivity (Wildman–Crippen MR) is 43.0 cm³/mol. The third kappa shape index (κ3) is 1.98. The monoisotopic (exact) mass is 142 g/mol. The highest BCUT2D eigenvalue weighted by Gasteiger charge is 2.20. The molecule has 10 heavy (non-hydrogen) atoms. The van der Waals surface area contributed by atoms with Crippen molar-refractivity contribution >= 4 is 0 Å². The van der Waals surface area contributed by atoms with Gasteiger partial charge in [0.2, 0.25) is 0 Å². The van der Waals surface area contributed by atoms with Crippen LogP contribution in [0.15, 0.2) is 0 Å². The smallest absolute Gasteiger partial charge is 0.0600 e. The molecule has 0 heterocycles. The Morgan fingerprint density at radius 2 is 2.00 bits per heavy atom. The molecule has 0 amide bonds. The van der Waals surface area contributed by atoms with Gasteiger partial charge in [-0.3, -0.25) is 0 Å². The molecular weight excluding hydrogens is 124 g/mol. The lowest BCUT2D eigenvalue weighted by molar-refractivity contribution is 0.00206. The van der Waals surface area contributed by atoms with Crippen molar-refractivity contribution < 1.29 is 4.74 Å². The summed E-state index contributed by atoms with van der Waals surface area (Å²) in [6, 6.07) is 0. The van der Waals surface area contributed by atoms with E-state index >= 15 is 0 Å². The van der Waals surface area contributed by atoms with Gasteiger partial charge in [0.1, 0.15) is 0 Å². The fourth-order valence-electron chi connectivity index (χ4n) is 1.74. The molecule has 0 aliphatic heterocycles. The minimum Gasteiger partial charge on any atom is -0.378 e. The van der Waals surface area contributed by atoms with Crippen LogP contribution in [0, 0.1) is 5.92 Å².